The normalized spacial score (nSPS) is 28.8. The van der Waals surface area contributed by atoms with E-state index in [9.17, 15) is 4.79 Å². The van der Waals surface area contributed by atoms with Gasteiger partial charge in [0.25, 0.3) is 0 Å². The van der Waals surface area contributed by atoms with Crippen LogP contribution in [-0.2, 0) is 4.79 Å². The van der Waals surface area contributed by atoms with E-state index in [0.717, 1.165) is 51.1 Å². The molecule has 0 aromatic heterocycles. The van der Waals surface area contributed by atoms with Gasteiger partial charge in [-0.25, -0.2) is 0 Å². The molecule has 0 radical (unpaired) electrons. The minimum atomic E-state index is -0.645. The molecule has 1 aliphatic carbocycles. The molecule has 1 heterocycles. The summed E-state index contributed by atoms with van der Waals surface area (Å²) in [6.45, 7) is 3.95. The lowest BCUT2D eigenvalue weighted by molar-refractivity contribution is -0.142. The number of likely N-dealkylation sites (tertiary alicyclic amines) is 1. The molecule has 0 bridgehead atoms. The molecule has 3 nitrogen and oxygen atoms in total. The van der Waals surface area contributed by atoms with Crippen LogP contribution >= 0.6 is 0 Å². The zero-order valence-corrected chi connectivity index (χ0v) is 10.0. The first-order valence-electron chi connectivity index (χ1n) is 6.38. The van der Waals surface area contributed by atoms with E-state index in [1.54, 1.807) is 0 Å². The summed E-state index contributed by atoms with van der Waals surface area (Å²) in [5.74, 6) is 0.826. The molecule has 0 aromatic carbocycles. The summed E-state index contributed by atoms with van der Waals surface area (Å²) >= 11 is 0. The maximum absolute atomic E-state index is 12.3. The maximum Gasteiger partial charge on any atom is 0.243 e. The van der Waals surface area contributed by atoms with Crippen molar-refractivity contribution in [3.05, 3.63) is 0 Å². The fourth-order valence-electron chi connectivity index (χ4n) is 2.67. The Kier molecular flexibility index (Phi) is 3.18. The van der Waals surface area contributed by atoms with Crippen molar-refractivity contribution >= 4 is 5.91 Å². The van der Waals surface area contributed by atoms with Crippen molar-refractivity contribution in [1.29, 1.82) is 5.26 Å². The maximum atomic E-state index is 12.3. The van der Waals surface area contributed by atoms with Gasteiger partial charge in [-0.1, -0.05) is 6.92 Å². The molecule has 0 N–H and O–H groups in total. The molecular formula is C13H20N2O. The predicted octanol–water partition coefficient (Wildman–Crippen LogP) is 2.33. The van der Waals surface area contributed by atoms with E-state index in [2.05, 4.69) is 13.0 Å². The van der Waals surface area contributed by atoms with Crippen LogP contribution in [0.15, 0.2) is 0 Å². The predicted molar refractivity (Wildman–Crippen MR) is 61.5 cm³/mol. The Morgan fingerprint density at radius 2 is 2.06 bits per heavy atom. The molecule has 3 heteroatoms. The average molecular weight is 220 g/mol. The second-order valence-electron chi connectivity index (χ2n) is 5.38. The van der Waals surface area contributed by atoms with Crippen LogP contribution in [0.3, 0.4) is 0 Å². The Bertz CT molecular complexity index is 314. The Hall–Kier alpha value is -1.04. The van der Waals surface area contributed by atoms with Gasteiger partial charge in [-0.3, -0.25) is 4.79 Å². The molecule has 88 valence electrons. The van der Waals surface area contributed by atoms with Gasteiger partial charge in [0.15, 0.2) is 0 Å². The molecule has 2 aliphatic rings. The zero-order valence-electron chi connectivity index (χ0n) is 10.0. The summed E-state index contributed by atoms with van der Waals surface area (Å²) in [5.41, 5.74) is -0.645. The van der Waals surface area contributed by atoms with Gasteiger partial charge in [-0.05, 0) is 44.4 Å². The summed E-state index contributed by atoms with van der Waals surface area (Å²) in [4.78, 5) is 14.2. The van der Waals surface area contributed by atoms with E-state index in [-0.39, 0.29) is 5.91 Å². The van der Waals surface area contributed by atoms with Crippen molar-refractivity contribution in [3.63, 3.8) is 0 Å². The van der Waals surface area contributed by atoms with Crippen LogP contribution < -0.4 is 0 Å². The van der Waals surface area contributed by atoms with E-state index in [1.165, 1.54) is 6.42 Å². The first-order valence-corrected chi connectivity index (χ1v) is 6.38. The number of carbonyl (C=O) groups excluding carboxylic acids is 1. The lowest BCUT2D eigenvalue weighted by Crippen LogP contribution is -2.47. The van der Waals surface area contributed by atoms with E-state index in [4.69, 9.17) is 5.26 Å². The summed E-state index contributed by atoms with van der Waals surface area (Å²) < 4.78 is 0. The van der Waals surface area contributed by atoms with Crippen LogP contribution in [0.1, 0.15) is 45.4 Å². The van der Waals surface area contributed by atoms with E-state index >= 15 is 0 Å². The third-order valence-corrected chi connectivity index (χ3v) is 4.13. The number of nitriles is 1. The Labute approximate surface area is 97.4 Å². The monoisotopic (exact) mass is 220 g/mol. The third-order valence-electron chi connectivity index (χ3n) is 4.13. The summed E-state index contributed by atoms with van der Waals surface area (Å²) in [7, 11) is 0. The SMILES string of the molecule is CC1CCCN(C(=O)C2(C#N)CCC2)CC1. The van der Waals surface area contributed by atoms with Crippen LogP contribution in [0.2, 0.25) is 0 Å². The summed E-state index contributed by atoms with van der Waals surface area (Å²) in [6.07, 6.45) is 5.97. The molecule has 1 saturated carbocycles. The second kappa shape index (κ2) is 4.45. The largest absolute Gasteiger partial charge is 0.341 e. The number of rotatable bonds is 1. The van der Waals surface area contributed by atoms with Gasteiger partial charge < -0.3 is 4.90 Å². The standard InChI is InChI=1S/C13H20N2O/c1-11-4-2-8-15(9-5-11)12(16)13(10-14)6-3-7-13/h11H,2-9H2,1H3. The molecular weight excluding hydrogens is 200 g/mol. The average Bonchev–Trinajstić information content (AvgIpc) is 2.42. The van der Waals surface area contributed by atoms with Crippen molar-refractivity contribution in [2.45, 2.75) is 45.4 Å². The topological polar surface area (TPSA) is 44.1 Å². The van der Waals surface area contributed by atoms with Crippen LogP contribution in [0.25, 0.3) is 0 Å². The summed E-state index contributed by atoms with van der Waals surface area (Å²) in [5, 5.41) is 9.16. The van der Waals surface area contributed by atoms with Crippen LogP contribution in [0.5, 0.6) is 0 Å². The summed E-state index contributed by atoms with van der Waals surface area (Å²) in [6, 6.07) is 2.25. The molecule has 2 fully saturated rings. The minimum Gasteiger partial charge on any atom is -0.341 e. The number of carbonyl (C=O) groups is 1. The first-order chi connectivity index (χ1) is 7.68. The quantitative estimate of drug-likeness (QED) is 0.680. The molecule has 2 rings (SSSR count). The van der Waals surface area contributed by atoms with Gasteiger partial charge in [0.1, 0.15) is 5.41 Å². The molecule has 1 atom stereocenters. The first kappa shape index (κ1) is 11.4. The van der Waals surface area contributed by atoms with Gasteiger partial charge in [-0.15, -0.1) is 0 Å². The number of hydrogen-bond acceptors (Lipinski definition) is 2. The van der Waals surface area contributed by atoms with E-state index in [0.29, 0.717) is 0 Å². The highest BCUT2D eigenvalue weighted by Gasteiger charge is 2.46. The Morgan fingerprint density at radius 3 is 2.62 bits per heavy atom. The van der Waals surface area contributed by atoms with Crippen molar-refractivity contribution in [2.75, 3.05) is 13.1 Å². The lowest BCUT2D eigenvalue weighted by Gasteiger charge is -2.37. The minimum absolute atomic E-state index is 0.107. The Balaban J connectivity index is 2.01. The highest BCUT2D eigenvalue weighted by Crippen LogP contribution is 2.42. The van der Waals surface area contributed by atoms with E-state index < -0.39 is 5.41 Å². The number of hydrogen-bond donors (Lipinski definition) is 0. The molecule has 1 aliphatic heterocycles. The van der Waals surface area contributed by atoms with Crippen molar-refractivity contribution < 1.29 is 4.79 Å². The lowest BCUT2D eigenvalue weighted by atomic mass is 9.69. The van der Waals surface area contributed by atoms with Crippen molar-refractivity contribution in [1.82, 2.24) is 4.90 Å². The van der Waals surface area contributed by atoms with E-state index in [1.807, 2.05) is 4.90 Å². The third kappa shape index (κ3) is 1.93. The molecule has 0 aromatic rings. The fraction of sp³-hybridized carbons (Fsp3) is 0.846. The molecule has 16 heavy (non-hydrogen) atoms. The van der Waals surface area contributed by atoms with Crippen LogP contribution in [-0.4, -0.2) is 23.9 Å². The van der Waals surface area contributed by atoms with Crippen LogP contribution in [0, 0.1) is 22.7 Å². The van der Waals surface area contributed by atoms with Crippen LogP contribution in [0.4, 0.5) is 0 Å². The highest BCUT2D eigenvalue weighted by atomic mass is 16.2. The number of amides is 1. The van der Waals surface area contributed by atoms with Crippen molar-refractivity contribution in [2.24, 2.45) is 11.3 Å². The van der Waals surface area contributed by atoms with Crippen molar-refractivity contribution in [3.8, 4) is 6.07 Å². The van der Waals surface area contributed by atoms with Gasteiger partial charge in [0.2, 0.25) is 5.91 Å². The number of nitrogens with zero attached hydrogens (tertiary/aromatic N) is 2. The second-order valence-corrected chi connectivity index (χ2v) is 5.38. The fourth-order valence-corrected chi connectivity index (χ4v) is 2.67. The smallest absolute Gasteiger partial charge is 0.243 e. The molecule has 1 amide bonds. The zero-order chi connectivity index (χ0) is 11.6. The molecule has 1 saturated heterocycles. The Morgan fingerprint density at radius 1 is 1.31 bits per heavy atom. The van der Waals surface area contributed by atoms with Gasteiger partial charge in [-0.2, -0.15) is 5.26 Å². The van der Waals surface area contributed by atoms with Gasteiger partial charge in [0, 0.05) is 13.1 Å². The molecule has 0 spiro atoms. The van der Waals surface area contributed by atoms with Gasteiger partial charge in [0.05, 0.1) is 6.07 Å². The highest BCUT2D eigenvalue weighted by molar-refractivity contribution is 5.86. The van der Waals surface area contributed by atoms with Gasteiger partial charge >= 0.3 is 0 Å². The molecule has 1 unspecified atom stereocenters.